The molecule has 2 N–H and O–H groups in total. The van der Waals surface area contributed by atoms with Crippen molar-refractivity contribution in [3.05, 3.63) is 12.5 Å². The van der Waals surface area contributed by atoms with Gasteiger partial charge in [0.2, 0.25) is 0 Å². The van der Waals surface area contributed by atoms with E-state index in [-0.39, 0.29) is 0 Å². The second-order valence-corrected chi connectivity index (χ2v) is 2.83. The molecular weight excluding hydrogens is 145 g/mol. The maximum atomic E-state index is 10.2. The van der Waals surface area contributed by atoms with Crippen molar-refractivity contribution in [2.75, 3.05) is 0 Å². The first kappa shape index (κ1) is 6.48. The molecule has 0 saturated heterocycles. The molecule has 0 aliphatic heterocycles. The van der Waals surface area contributed by atoms with Gasteiger partial charge in [-0.2, -0.15) is 0 Å². The van der Waals surface area contributed by atoms with Gasteiger partial charge in [-0.15, -0.1) is 0 Å². The summed E-state index contributed by atoms with van der Waals surface area (Å²) in [6.07, 6.45) is 2.28. The molecule has 9 heavy (non-hydrogen) atoms. The van der Waals surface area contributed by atoms with E-state index >= 15 is 0 Å². The van der Waals surface area contributed by atoms with Crippen molar-refractivity contribution in [3.63, 3.8) is 0 Å². The van der Waals surface area contributed by atoms with Gasteiger partial charge in [-0.3, -0.25) is 0 Å². The molecule has 0 radical (unpaired) electrons. The molecule has 0 unspecified atom stereocenters. The van der Waals surface area contributed by atoms with Crippen LogP contribution in [0, 0.1) is 0 Å². The van der Waals surface area contributed by atoms with Crippen LogP contribution < -0.4 is 5.63 Å². The van der Waals surface area contributed by atoms with Gasteiger partial charge in [-0.1, -0.05) is 0 Å². The van der Waals surface area contributed by atoms with Crippen LogP contribution in [0.3, 0.4) is 0 Å². The second kappa shape index (κ2) is 1.95. The molecule has 0 atom stereocenters. The highest BCUT2D eigenvalue weighted by atomic mass is 31.2. The van der Waals surface area contributed by atoms with Gasteiger partial charge in [0.25, 0.3) is 0 Å². The molecule has 0 aliphatic carbocycles. The first-order chi connectivity index (χ1) is 4.11. The van der Waals surface area contributed by atoms with E-state index in [0.717, 1.165) is 6.26 Å². The summed E-state index contributed by atoms with van der Waals surface area (Å²) in [6, 6.07) is 0. The molecule has 1 heterocycles. The van der Waals surface area contributed by atoms with Crippen molar-refractivity contribution in [2.45, 2.75) is 0 Å². The zero-order valence-electron chi connectivity index (χ0n) is 4.26. The lowest BCUT2D eigenvalue weighted by molar-refractivity contribution is 0.374. The Labute approximate surface area is 50.5 Å². The Morgan fingerprint density at radius 1 is 1.67 bits per heavy atom. The Bertz CT molecular complexity index is 224. The van der Waals surface area contributed by atoms with Gasteiger partial charge in [0.05, 0.1) is 6.20 Å². The lowest BCUT2D eigenvalue weighted by Gasteiger charge is -1.93. The summed E-state index contributed by atoms with van der Waals surface area (Å²) in [5, 5.41) is 0. The van der Waals surface area contributed by atoms with Crippen LogP contribution in [0.25, 0.3) is 0 Å². The van der Waals surface area contributed by atoms with E-state index in [1.807, 2.05) is 0 Å². The number of hydrogen-bond donors (Lipinski definition) is 2. The third-order valence-electron chi connectivity index (χ3n) is 0.668. The molecule has 50 valence electrons. The summed E-state index contributed by atoms with van der Waals surface area (Å²) < 4.78 is 14.6. The maximum absolute atomic E-state index is 10.2. The topological polar surface area (TPSA) is 83.6 Å². The lowest BCUT2D eigenvalue weighted by Crippen LogP contribution is -2.02. The average molecular weight is 149 g/mol. The largest absolute Gasteiger partial charge is 0.439 e. The monoisotopic (exact) mass is 149 g/mol. The highest BCUT2D eigenvalue weighted by Crippen LogP contribution is 2.31. The predicted octanol–water partition coefficient (Wildman–Crippen LogP) is -0.522. The fourth-order valence-electron chi connectivity index (χ4n) is 0.360. The zero-order valence-corrected chi connectivity index (χ0v) is 5.15. The minimum atomic E-state index is -4.25. The van der Waals surface area contributed by atoms with E-state index in [1.54, 1.807) is 0 Å². The van der Waals surface area contributed by atoms with Gasteiger partial charge >= 0.3 is 13.2 Å². The second-order valence-electron chi connectivity index (χ2n) is 1.36. The van der Waals surface area contributed by atoms with E-state index < -0.39 is 13.2 Å². The van der Waals surface area contributed by atoms with Crippen LogP contribution in [0.15, 0.2) is 16.9 Å². The average Bonchev–Trinajstić information content (AvgIpc) is 2.08. The van der Waals surface area contributed by atoms with Crippen LogP contribution in [-0.4, -0.2) is 14.8 Å². The summed E-state index contributed by atoms with van der Waals surface area (Å²) in [6.45, 7) is 0. The minimum absolute atomic E-state index is 0.539. The quantitative estimate of drug-likeness (QED) is 0.524. The maximum Gasteiger partial charge on any atom is 0.410 e. The van der Waals surface area contributed by atoms with Crippen LogP contribution in [0.5, 0.6) is 0 Å². The number of oxazole rings is 1. The van der Waals surface area contributed by atoms with Crippen LogP contribution >= 0.6 is 7.60 Å². The van der Waals surface area contributed by atoms with Gasteiger partial charge in [0.15, 0.2) is 0 Å². The highest BCUT2D eigenvalue weighted by molar-refractivity contribution is 7.59. The van der Waals surface area contributed by atoms with E-state index in [2.05, 4.69) is 9.40 Å². The Morgan fingerprint density at radius 3 is 2.56 bits per heavy atom. The Morgan fingerprint density at radius 2 is 2.33 bits per heavy atom. The number of rotatable bonds is 1. The summed E-state index contributed by atoms with van der Waals surface area (Å²) >= 11 is 0. The van der Waals surface area contributed by atoms with Gasteiger partial charge in [0.1, 0.15) is 6.26 Å². The molecule has 0 aromatic carbocycles. The van der Waals surface area contributed by atoms with Gasteiger partial charge in [0, 0.05) is 0 Å². The first-order valence-corrected chi connectivity index (χ1v) is 3.67. The van der Waals surface area contributed by atoms with Crippen molar-refractivity contribution in [1.29, 1.82) is 0 Å². The van der Waals surface area contributed by atoms with Crippen molar-refractivity contribution in [2.24, 2.45) is 0 Å². The van der Waals surface area contributed by atoms with Crippen LogP contribution in [0.4, 0.5) is 0 Å². The number of hydrogen-bond acceptors (Lipinski definition) is 3. The van der Waals surface area contributed by atoms with Gasteiger partial charge in [-0.05, 0) is 0 Å². The molecule has 0 saturated carbocycles. The third kappa shape index (κ3) is 1.38. The van der Waals surface area contributed by atoms with Crippen molar-refractivity contribution < 1.29 is 18.8 Å². The van der Waals surface area contributed by atoms with E-state index in [1.165, 1.54) is 6.20 Å². The van der Waals surface area contributed by atoms with Crippen molar-refractivity contribution in [3.8, 4) is 0 Å². The molecule has 0 spiro atoms. The molecule has 1 aromatic heterocycles. The van der Waals surface area contributed by atoms with Gasteiger partial charge < -0.3 is 14.2 Å². The molecular formula is C3H4NO4P. The predicted molar refractivity (Wildman–Crippen MR) is 28.2 cm³/mol. The van der Waals surface area contributed by atoms with E-state index in [4.69, 9.17) is 9.79 Å². The molecule has 0 fully saturated rings. The van der Waals surface area contributed by atoms with Crippen molar-refractivity contribution in [1.82, 2.24) is 4.98 Å². The summed E-state index contributed by atoms with van der Waals surface area (Å²) in [5.41, 5.74) is -0.539. The van der Waals surface area contributed by atoms with E-state index in [9.17, 15) is 4.57 Å². The molecule has 6 heteroatoms. The Hall–Kier alpha value is -0.640. The van der Waals surface area contributed by atoms with Gasteiger partial charge in [-0.25, -0.2) is 9.55 Å². The normalized spacial score (nSPS) is 11.8. The van der Waals surface area contributed by atoms with Crippen LogP contribution in [0.1, 0.15) is 0 Å². The standard InChI is InChI=1S/C3H4NO4P/c5-9(6,7)3-4-1-2-8-3/h1-2H,(H2,5,6,7). The molecule has 0 amide bonds. The lowest BCUT2D eigenvalue weighted by atomic mass is 11.0. The zero-order chi connectivity index (χ0) is 6.91. The third-order valence-corrected chi connectivity index (χ3v) is 1.39. The highest BCUT2D eigenvalue weighted by Gasteiger charge is 2.21. The summed E-state index contributed by atoms with van der Waals surface area (Å²) in [7, 11) is -4.25. The minimum Gasteiger partial charge on any atom is -0.439 e. The first-order valence-electron chi connectivity index (χ1n) is 2.06. The fraction of sp³-hybridized carbons (Fsp3) is 0. The number of aromatic nitrogens is 1. The Balaban J connectivity index is 3.04. The Kier molecular flexibility index (Phi) is 1.40. The molecule has 0 aliphatic rings. The summed E-state index contributed by atoms with van der Waals surface area (Å²) in [5.74, 6) is 0. The fourth-order valence-corrected chi connectivity index (χ4v) is 0.775. The number of nitrogens with zero attached hydrogens (tertiary/aromatic N) is 1. The van der Waals surface area contributed by atoms with Crippen LogP contribution in [-0.2, 0) is 4.57 Å². The molecule has 1 aromatic rings. The smallest absolute Gasteiger partial charge is 0.410 e. The summed E-state index contributed by atoms with van der Waals surface area (Å²) in [4.78, 5) is 19.9. The molecule has 5 nitrogen and oxygen atoms in total. The molecule has 1 rings (SSSR count). The van der Waals surface area contributed by atoms with Crippen molar-refractivity contribution >= 4 is 13.2 Å². The SMILES string of the molecule is O=P(O)(O)c1ncco1. The van der Waals surface area contributed by atoms with E-state index in [0.29, 0.717) is 0 Å². The molecule has 0 bridgehead atoms. The van der Waals surface area contributed by atoms with Crippen LogP contribution in [0.2, 0.25) is 0 Å².